The van der Waals surface area contributed by atoms with Crippen LogP contribution >= 0.6 is 38.9 Å². The number of halogens is 2. The van der Waals surface area contributed by atoms with Crippen molar-refractivity contribution in [2.75, 3.05) is 5.32 Å². The summed E-state index contributed by atoms with van der Waals surface area (Å²) in [4.78, 5) is 33.3. The molecule has 4 rings (SSSR count). The van der Waals surface area contributed by atoms with Gasteiger partial charge in [-0.3, -0.25) is 14.6 Å². The van der Waals surface area contributed by atoms with E-state index in [0.29, 0.717) is 27.8 Å². The van der Waals surface area contributed by atoms with Gasteiger partial charge >= 0.3 is 0 Å². The maximum atomic E-state index is 13.0. The van der Waals surface area contributed by atoms with Crippen LogP contribution in [-0.4, -0.2) is 25.7 Å². The summed E-state index contributed by atoms with van der Waals surface area (Å²) in [6, 6.07) is 12.1. The highest BCUT2D eigenvalue weighted by Crippen LogP contribution is 2.28. The zero-order valence-corrected chi connectivity index (χ0v) is 19.7. The van der Waals surface area contributed by atoms with Gasteiger partial charge in [-0.05, 0) is 35.6 Å². The maximum absolute atomic E-state index is 13.0. The van der Waals surface area contributed by atoms with Crippen LogP contribution < -0.4 is 10.9 Å². The number of H-pyrrole nitrogens is 1. The zero-order chi connectivity index (χ0) is 22.1. The number of aromatic nitrogens is 4. The normalized spacial score (nSPS) is 11.1. The summed E-state index contributed by atoms with van der Waals surface area (Å²) in [6.07, 6.45) is 0. The molecule has 0 radical (unpaired) electrons. The molecular weight excluding hydrogens is 502 g/mol. The third-order valence-electron chi connectivity index (χ3n) is 4.44. The molecule has 0 spiro atoms. The molecule has 0 aliphatic heterocycles. The van der Waals surface area contributed by atoms with E-state index < -0.39 is 5.91 Å². The predicted molar refractivity (Wildman–Crippen MR) is 126 cm³/mol. The number of thiophene rings is 1. The number of aromatic amines is 1. The zero-order valence-electron chi connectivity index (χ0n) is 16.5. The lowest BCUT2D eigenvalue weighted by Gasteiger charge is -2.11. The lowest BCUT2D eigenvalue weighted by Crippen LogP contribution is -2.19. The van der Waals surface area contributed by atoms with Gasteiger partial charge in [0.25, 0.3) is 11.5 Å². The highest BCUT2D eigenvalue weighted by atomic mass is 79.9. The van der Waals surface area contributed by atoms with Crippen molar-refractivity contribution < 1.29 is 4.79 Å². The minimum absolute atomic E-state index is 0.0481. The van der Waals surface area contributed by atoms with Crippen LogP contribution in [0.4, 0.5) is 5.82 Å². The van der Waals surface area contributed by atoms with E-state index >= 15 is 0 Å². The van der Waals surface area contributed by atoms with E-state index in [1.54, 1.807) is 24.3 Å². The van der Waals surface area contributed by atoms with Crippen LogP contribution in [0.15, 0.2) is 57.1 Å². The van der Waals surface area contributed by atoms with Gasteiger partial charge in [0, 0.05) is 16.6 Å². The van der Waals surface area contributed by atoms with E-state index in [-0.39, 0.29) is 17.4 Å². The fraction of sp³-hybridized carbons (Fsp3) is 0.143. The number of anilines is 1. The molecule has 0 saturated heterocycles. The van der Waals surface area contributed by atoms with Gasteiger partial charge in [0.15, 0.2) is 0 Å². The summed E-state index contributed by atoms with van der Waals surface area (Å²) in [5.74, 6) is 0.211. The van der Waals surface area contributed by atoms with E-state index in [2.05, 4.69) is 36.3 Å². The SMILES string of the molecule is CC(C)c1cc(=O)[nH]c(-n2nc(-c3cccs3)cc2NC(=O)c2cc(Br)ccc2Cl)n1. The van der Waals surface area contributed by atoms with E-state index in [4.69, 9.17) is 11.6 Å². The van der Waals surface area contributed by atoms with E-state index in [1.165, 1.54) is 22.1 Å². The Kier molecular flexibility index (Phi) is 6.08. The van der Waals surface area contributed by atoms with E-state index in [1.807, 2.05) is 31.4 Å². The summed E-state index contributed by atoms with van der Waals surface area (Å²) in [7, 11) is 0. The molecule has 31 heavy (non-hydrogen) atoms. The summed E-state index contributed by atoms with van der Waals surface area (Å²) in [5, 5.41) is 9.69. The van der Waals surface area contributed by atoms with Crippen molar-refractivity contribution in [3.05, 3.63) is 79.0 Å². The number of rotatable bonds is 5. The van der Waals surface area contributed by atoms with E-state index in [0.717, 1.165) is 9.35 Å². The molecule has 0 unspecified atom stereocenters. The van der Waals surface area contributed by atoms with Crippen LogP contribution in [0.2, 0.25) is 5.02 Å². The number of carbonyl (C=O) groups excluding carboxylic acids is 1. The number of hydrogen-bond donors (Lipinski definition) is 2. The molecular formula is C21H17BrClN5O2S. The molecule has 7 nitrogen and oxygen atoms in total. The average molecular weight is 519 g/mol. The molecule has 1 amide bonds. The number of nitrogens with zero attached hydrogens (tertiary/aromatic N) is 3. The van der Waals surface area contributed by atoms with Crippen LogP contribution in [0.1, 0.15) is 35.8 Å². The third kappa shape index (κ3) is 4.63. The fourth-order valence-corrected chi connectivity index (χ4v) is 4.14. The van der Waals surface area contributed by atoms with Gasteiger partial charge in [0.05, 0.1) is 21.2 Å². The van der Waals surface area contributed by atoms with Crippen LogP contribution in [0.3, 0.4) is 0 Å². The lowest BCUT2D eigenvalue weighted by molar-refractivity contribution is 0.102. The first-order valence-electron chi connectivity index (χ1n) is 9.34. The van der Waals surface area contributed by atoms with Crippen molar-refractivity contribution >= 4 is 50.6 Å². The van der Waals surface area contributed by atoms with Crippen LogP contribution in [0.25, 0.3) is 16.5 Å². The highest BCUT2D eigenvalue weighted by molar-refractivity contribution is 9.10. The largest absolute Gasteiger partial charge is 0.306 e. The molecule has 0 aliphatic carbocycles. The Morgan fingerprint density at radius 2 is 2.06 bits per heavy atom. The monoisotopic (exact) mass is 517 g/mol. The molecule has 0 saturated carbocycles. The predicted octanol–water partition coefficient (Wildman–Crippen LogP) is 5.48. The van der Waals surface area contributed by atoms with Crippen molar-refractivity contribution in [3.63, 3.8) is 0 Å². The highest BCUT2D eigenvalue weighted by Gasteiger charge is 2.19. The molecule has 4 aromatic rings. The second-order valence-electron chi connectivity index (χ2n) is 7.03. The molecule has 158 valence electrons. The molecule has 0 bridgehead atoms. The van der Waals surface area contributed by atoms with Crippen molar-refractivity contribution in [2.45, 2.75) is 19.8 Å². The van der Waals surface area contributed by atoms with Gasteiger partial charge < -0.3 is 5.32 Å². The number of benzene rings is 1. The maximum Gasteiger partial charge on any atom is 0.258 e. The second kappa shape index (κ2) is 8.78. The first-order valence-corrected chi connectivity index (χ1v) is 11.4. The topological polar surface area (TPSA) is 92.7 Å². The van der Waals surface area contributed by atoms with Gasteiger partial charge in [-0.2, -0.15) is 9.78 Å². The second-order valence-corrected chi connectivity index (χ2v) is 9.30. The number of carbonyl (C=O) groups is 1. The molecule has 3 heterocycles. The van der Waals surface area contributed by atoms with Crippen molar-refractivity contribution in [2.24, 2.45) is 0 Å². The summed E-state index contributed by atoms with van der Waals surface area (Å²) < 4.78 is 2.15. The van der Waals surface area contributed by atoms with Crippen LogP contribution in [-0.2, 0) is 0 Å². The van der Waals surface area contributed by atoms with Crippen LogP contribution in [0, 0.1) is 0 Å². The molecule has 0 aliphatic rings. The van der Waals surface area contributed by atoms with Gasteiger partial charge in [0.1, 0.15) is 11.5 Å². The Hall–Kier alpha value is -2.75. The Morgan fingerprint density at radius 3 is 2.77 bits per heavy atom. The van der Waals surface area contributed by atoms with Gasteiger partial charge in [0.2, 0.25) is 5.95 Å². The van der Waals surface area contributed by atoms with E-state index in [9.17, 15) is 9.59 Å². The molecule has 0 atom stereocenters. The molecule has 10 heteroatoms. The lowest BCUT2D eigenvalue weighted by atomic mass is 10.1. The Morgan fingerprint density at radius 1 is 1.26 bits per heavy atom. The molecule has 1 aromatic carbocycles. The summed E-state index contributed by atoms with van der Waals surface area (Å²) in [6.45, 7) is 3.90. The average Bonchev–Trinajstić information content (AvgIpc) is 3.39. The minimum Gasteiger partial charge on any atom is -0.306 e. The Bertz CT molecular complexity index is 1310. The smallest absolute Gasteiger partial charge is 0.258 e. The number of nitrogens with one attached hydrogen (secondary N) is 2. The third-order valence-corrected chi connectivity index (χ3v) is 6.15. The molecule has 2 N–H and O–H groups in total. The van der Waals surface area contributed by atoms with Gasteiger partial charge in [-0.25, -0.2) is 4.98 Å². The standard InChI is InChI=1S/C21H17BrClN5O2S/c1-11(2)15-10-19(29)26-21(24-15)28-18(9-16(27-28)17-4-3-7-31-17)25-20(30)13-8-12(22)5-6-14(13)23/h3-11H,1-2H3,(H,25,30)(H,24,26,29). The first kappa shape index (κ1) is 21.5. The van der Waals surface area contributed by atoms with Crippen molar-refractivity contribution in [1.29, 1.82) is 0 Å². The molecule has 0 fully saturated rings. The Balaban J connectivity index is 1.81. The van der Waals surface area contributed by atoms with Gasteiger partial charge in [-0.1, -0.05) is 47.4 Å². The van der Waals surface area contributed by atoms with Crippen molar-refractivity contribution in [3.8, 4) is 16.5 Å². The number of hydrogen-bond acceptors (Lipinski definition) is 5. The number of amides is 1. The Labute approximate surface area is 195 Å². The first-order chi connectivity index (χ1) is 14.8. The molecule has 3 aromatic heterocycles. The summed E-state index contributed by atoms with van der Waals surface area (Å²) >= 11 is 11.1. The summed E-state index contributed by atoms with van der Waals surface area (Å²) in [5.41, 5.74) is 1.27. The minimum atomic E-state index is -0.410. The van der Waals surface area contributed by atoms with Crippen LogP contribution in [0.5, 0.6) is 0 Å². The van der Waals surface area contributed by atoms with Crippen molar-refractivity contribution in [1.82, 2.24) is 19.7 Å². The van der Waals surface area contributed by atoms with Gasteiger partial charge in [-0.15, -0.1) is 11.3 Å². The quantitative estimate of drug-likeness (QED) is 0.366. The fourth-order valence-electron chi connectivity index (χ4n) is 2.89.